The molecule has 0 atom stereocenters. The van der Waals surface area contributed by atoms with Crippen LogP contribution in [0.5, 0.6) is 0 Å². The van der Waals surface area contributed by atoms with Crippen molar-refractivity contribution in [1.82, 2.24) is 0 Å². The summed E-state index contributed by atoms with van der Waals surface area (Å²) in [6.07, 6.45) is 0. The van der Waals surface area contributed by atoms with Crippen molar-refractivity contribution in [2.24, 2.45) is 0 Å². The first-order valence-corrected chi connectivity index (χ1v) is 8.85. The normalized spacial score (nSPS) is 11.4. The van der Waals surface area contributed by atoms with Crippen molar-refractivity contribution in [3.63, 3.8) is 0 Å². The molecule has 0 amide bonds. The van der Waals surface area contributed by atoms with Gasteiger partial charge in [-0.15, -0.1) is 0 Å². The molecule has 0 spiro atoms. The lowest BCUT2D eigenvalue weighted by atomic mass is 10.2. The first kappa shape index (κ1) is 19.1. The van der Waals surface area contributed by atoms with Crippen molar-refractivity contribution in [2.75, 3.05) is 0 Å². The number of halogens is 2. The highest BCUT2D eigenvalue weighted by Crippen LogP contribution is 2.38. The summed E-state index contributed by atoms with van der Waals surface area (Å²) >= 11 is 11.8. The Labute approximate surface area is 152 Å². The minimum atomic E-state index is -4.62. The Morgan fingerprint density at radius 2 is 1.12 bits per heavy atom. The van der Waals surface area contributed by atoms with E-state index in [1.165, 1.54) is 13.8 Å². The van der Waals surface area contributed by atoms with Gasteiger partial charge in [0.25, 0.3) is 11.4 Å². The first-order valence-electron chi connectivity index (χ1n) is 6.61. The van der Waals surface area contributed by atoms with Crippen LogP contribution in [0.3, 0.4) is 0 Å². The molecule has 0 radical (unpaired) electrons. The number of nitrogens with zero attached hydrogens (tertiary/aromatic N) is 2. The van der Waals surface area contributed by atoms with E-state index in [1.54, 1.807) is 0 Å². The van der Waals surface area contributed by atoms with Crippen LogP contribution in [0.1, 0.15) is 11.1 Å². The second kappa shape index (κ2) is 6.58. The van der Waals surface area contributed by atoms with E-state index in [0.29, 0.717) is 11.1 Å². The number of nitro groups is 2. The molecule has 0 aromatic heterocycles. The van der Waals surface area contributed by atoms with E-state index in [-0.39, 0.29) is 10.0 Å². The van der Waals surface area contributed by atoms with Crippen LogP contribution in [0, 0.1) is 34.1 Å². The maximum atomic E-state index is 12.9. The zero-order valence-electron chi connectivity index (χ0n) is 12.8. The van der Waals surface area contributed by atoms with Crippen molar-refractivity contribution < 1.29 is 18.3 Å². The highest BCUT2D eigenvalue weighted by atomic mass is 35.5. The van der Waals surface area contributed by atoms with Gasteiger partial charge in [0.05, 0.1) is 9.85 Å². The van der Waals surface area contributed by atoms with Gasteiger partial charge in [0.1, 0.15) is 0 Å². The van der Waals surface area contributed by atoms with Gasteiger partial charge in [0.15, 0.2) is 9.79 Å². The fraction of sp³-hybridized carbons (Fsp3) is 0.143. The van der Waals surface area contributed by atoms with Crippen molar-refractivity contribution in [3.05, 3.63) is 65.7 Å². The highest BCUT2D eigenvalue weighted by Gasteiger charge is 2.34. The topological polar surface area (TPSA) is 120 Å². The quantitative estimate of drug-likeness (QED) is 0.554. The number of hydrogen-bond acceptors (Lipinski definition) is 6. The molecule has 2 aromatic carbocycles. The molecule has 0 aliphatic carbocycles. The van der Waals surface area contributed by atoms with Gasteiger partial charge in [-0.25, -0.2) is 8.42 Å². The summed E-state index contributed by atoms with van der Waals surface area (Å²) in [7, 11) is -4.62. The second-order valence-electron chi connectivity index (χ2n) is 5.16. The number of aryl methyl sites for hydroxylation is 2. The molecule has 0 bridgehead atoms. The zero-order chi connectivity index (χ0) is 19.1. The number of sulfone groups is 1. The maximum Gasteiger partial charge on any atom is 0.288 e. The lowest BCUT2D eigenvalue weighted by molar-refractivity contribution is -0.388. The number of benzene rings is 2. The Balaban J connectivity index is 2.90. The molecule has 0 saturated heterocycles. The zero-order valence-corrected chi connectivity index (χ0v) is 15.1. The average molecular weight is 405 g/mol. The molecule has 0 N–H and O–H groups in total. The van der Waals surface area contributed by atoms with E-state index in [9.17, 15) is 28.6 Å². The second-order valence-corrected chi connectivity index (χ2v) is 7.86. The molecule has 11 heteroatoms. The molecule has 0 heterocycles. The lowest BCUT2D eigenvalue weighted by Crippen LogP contribution is -2.09. The van der Waals surface area contributed by atoms with Crippen molar-refractivity contribution >= 4 is 44.4 Å². The third kappa shape index (κ3) is 3.44. The standard InChI is InChI=1S/C14H10Cl2N2O6S/c1-7-3-11(17(19)20)13(5-9(7)15)25(23,24)14-6-10(16)8(2)4-12(14)18(21)22/h3-6H,1-2H3. The lowest BCUT2D eigenvalue weighted by Gasteiger charge is -2.09. The summed E-state index contributed by atoms with van der Waals surface area (Å²) in [5.74, 6) is 0. The van der Waals surface area contributed by atoms with Gasteiger partial charge in [-0.05, 0) is 37.1 Å². The molecular formula is C14H10Cl2N2O6S. The van der Waals surface area contributed by atoms with Crippen LogP contribution in [-0.2, 0) is 9.84 Å². The predicted molar refractivity (Wildman–Crippen MR) is 91.1 cm³/mol. The number of nitro benzene ring substituents is 2. The Morgan fingerprint density at radius 3 is 1.40 bits per heavy atom. The Hall–Kier alpha value is -2.23. The summed E-state index contributed by atoms with van der Waals surface area (Å²) in [6.45, 7) is 2.94. The Morgan fingerprint density at radius 1 is 0.800 bits per heavy atom. The Kier molecular flexibility index (Phi) is 5.03. The van der Waals surface area contributed by atoms with Gasteiger partial charge >= 0.3 is 0 Å². The molecule has 25 heavy (non-hydrogen) atoms. The van der Waals surface area contributed by atoms with Gasteiger partial charge in [0.2, 0.25) is 9.84 Å². The van der Waals surface area contributed by atoms with E-state index < -0.39 is 40.8 Å². The summed E-state index contributed by atoms with van der Waals surface area (Å²) in [5.41, 5.74) is -0.867. The SMILES string of the molecule is Cc1cc([N+](=O)[O-])c(S(=O)(=O)c2cc(Cl)c(C)cc2[N+](=O)[O-])cc1Cl. The summed E-state index contributed by atoms with van der Waals surface area (Å²) in [4.78, 5) is 19.2. The molecule has 2 aromatic rings. The van der Waals surface area contributed by atoms with Gasteiger partial charge < -0.3 is 0 Å². The van der Waals surface area contributed by atoms with Crippen LogP contribution in [0.15, 0.2) is 34.1 Å². The third-order valence-corrected chi connectivity index (χ3v) is 6.08. The first-order chi connectivity index (χ1) is 11.5. The van der Waals surface area contributed by atoms with Crippen LogP contribution in [0.4, 0.5) is 11.4 Å². The van der Waals surface area contributed by atoms with Crippen molar-refractivity contribution in [2.45, 2.75) is 23.6 Å². The van der Waals surface area contributed by atoms with E-state index in [2.05, 4.69) is 0 Å². The fourth-order valence-corrected chi connectivity index (χ4v) is 4.19. The predicted octanol–water partition coefficient (Wildman–Crippen LogP) is 4.26. The average Bonchev–Trinajstić information content (AvgIpc) is 2.51. The molecule has 2 rings (SSSR count). The smallest absolute Gasteiger partial charge is 0.258 e. The van der Waals surface area contributed by atoms with Crippen LogP contribution in [0.2, 0.25) is 10.0 Å². The Bertz CT molecular complexity index is 945. The number of rotatable bonds is 4. The minimum Gasteiger partial charge on any atom is -0.258 e. The summed E-state index contributed by atoms with van der Waals surface area (Å²) < 4.78 is 25.8. The van der Waals surface area contributed by atoms with E-state index in [0.717, 1.165) is 24.3 Å². The molecule has 0 aliphatic rings. The van der Waals surface area contributed by atoms with Crippen molar-refractivity contribution in [1.29, 1.82) is 0 Å². The molecule has 0 aliphatic heterocycles. The maximum absolute atomic E-state index is 12.9. The summed E-state index contributed by atoms with van der Waals surface area (Å²) in [5, 5.41) is 22.4. The van der Waals surface area contributed by atoms with Gasteiger partial charge in [-0.3, -0.25) is 20.2 Å². The number of hydrogen-bond donors (Lipinski definition) is 0. The van der Waals surface area contributed by atoms with E-state index >= 15 is 0 Å². The van der Waals surface area contributed by atoms with Crippen LogP contribution in [-0.4, -0.2) is 18.3 Å². The third-order valence-electron chi connectivity index (χ3n) is 3.45. The molecule has 0 saturated carbocycles. The molecule has 8 nitrogen and oxygen atoms in total. The molecule has 0 fully saturated rings. The van der Waals surface area contributed by atoms with E-state index in [4.69, 9.17) is 23.2 Å². The molecule has 0 unspecified atom stereocenters. The van der Waals surface area contributed by atoms with Crippen molar-refractivity contribution in [3.8, 4) is 0 Å². The van der Waals surface area contributed by atoms with Gasteiger partial charge in [0, 0.05) is 22.2 Å². The van der Waals surface area contributed by atoms with Crippen LogP contribution in [0.25, 0.3) is 0 Å². The van der Waals surface area contributed by atoms with Crippen LogP contribution < -0.4 is 0 Å². The van der Waals surface area contributed by atoms with Crippen LogP contribution >= 0.6 is 23.2 Å². The summed E-state index contributed by atoms with van der Waals surface area (Å²) in [6, 6.07) is 3.80. The largest absolute Gasteiger partial charge is 0.288 e. The minimum absolute atomic E-state index is 0.0231. The molecular weight excluding hydrogens is 395 g/mol. The van der Waals surface area contributed by atoms with Gasteiger partial charge in [-0.2, -0.15) is 0 Å². The monoisotopic (exact) mass is 404 g/mol. The van der Waals surface area contributed by atoms with E-state index in [1.807, 2.05) is 0 Å². The molecule has 132 valence electrons. The highest BCUT2D eigenvalue weighted by molar-refractivity contribution is 7.91. The van der Waals surface area contributed by atoms with Gasteiger partial charge in [-0.1, -0.05) is 23.2 Å². The fourth-order valence-electron chi connectivity index (χ4n) is 2.13.